The Morgan fingerprint density at radius 1 is 1.28 bits per heavy atom. The van der Waals surface area contributed by atoms with Crippen molar-refractivity contribution in [2.45, 2.75) is 25.8 Å². The minimum atomic E-state index is -0.546. The first kappa shape index (κ1) is 13.1. The van der Waals surface area contributed by atoms with E-state index in [-0.39, 0.29) is 0 Å². The highest BCUT2D eigenvalue weighted by molar-refractivity contribution is 5.33. The molecule has 0 aromatic heterocycles. The number of hydrogen-bond donors (Lipinski definition) is 0. The van der Waals surface area contributed by atoms with Gasteiger partial charge >= 0.3 is 0 Å². The Morgan fingerprint density at radius 3 is 2.39 bits per heavy atom. The average Bonchev–Trinajstić information content (AvgIpc) is 2.47. The highest BCUT2D eigenvalue weighted by Crippen LogP contribution is 2.28. The van der Waals surface area contributed by atoms with Crippen LogP contribution in [0, 0.1) is 11.3 Å². The van der Waals surface area contributed by atoms with E-state index in [1.54, 1.807) is 0 Å². The van der Waals surface area contributed by atoms with Crippen LogP contribution < -0.4 is 0 Å². The number of nitrogens with zero attached hydrogens (tertiary/aromatic N) is 2. The lowest BCUT2D eigenvalue weighted by Gasteiger charge is -2.38. The van der Waals surface area contributed by atoms with Gasteiger partial charge in [0, 0.05) is 13.1 Å². The number of benzene rings is 1. The van der Waals surface area contributed by atoms with Gasteiger partial charge in [0.15, 0.2) is 0 Å². The topological polar surface area (TPSA) is 36.3 Å². The molecule has 0 aliphatic carbocycles. The van der Waals surface area contributed by atoms with Crippen molar-refractivity contribution in [3.05, 3.63) is 35.4 Å². The van der Waals surface area contributed by atoms with Gasteiger partial charge in [-0.2, -0.15) is 5.26 Å². The molecule has 3 nitrogen and oxygen atoms in total. The van der Waals surface area contributed by atoms with Crippen LogP contribution in [0.2, 0.25) is 0 Å². The van der Waals surface area contributed by atoms with Gasteiger partial charge in [-0.3, -0.25) is 4.90 Å². The Morgan fingerprint density at radius 2 is 1.89 bits per heavy atom. The molecular formula is C15H20N2O. The van der Waals surface area contributed by atoms with Crippen LogP contribution in [0.25, 0.3) is 0 Å². The van der Waals surface area contributed by atoms with Crippen LogP contribution in [-0.2, 0) is 16.7 Å². The highest BCUT2D eigenvalue weighted by Gasteiger charge is 2.34. The van der Waals surface area contributed by atoms with Gasteiger partial charge in [0.25, 0.3) is 0 Å². The summed E-state index contributed by atoms with van der Waals surface area (Å²) in [6.45, 7) is 7.20. The maximum atomic E-state index is 9.58. The van der Waals surface area contributed by atoms with E-state index in [9.17, 15) is 5.26 Å². The Labute approximate surface area is 109 Å². The predicted molar refractivity (Wildman–Crippen MR) is 71.2 cm³/mol. The second-order valence-corrected chi connectivity index (χ2v) is 4.83. The zero-order chi connectivity index (χ0) is 13.0. The van der Waals surface area contributed by atoms with Gasteiger partial charge in [-0.25, -0.2) is 0 Å². The zero-order valence-corrected chi connectivity index (χ0v) is 11.1. The van der Waals surface area contributed by atoms with E-state index in [4.69, 9.17) is 4.74 Å². The van der Waals surface area contributed by atoms with Crippen molar-refractivity contribution in [2.75, 3.05) is 26.3 Å². The van der Waals surface area contributed by atoms with E-state index in [0.29, 0.717) is 13.2 Å². The van der Waals surface area contributed by atoms with Crippen LogP contribution in [0.5, 0.6) is 0 Å². The van der Waals surface area contributed by atoms with Crippen LogP contribution in [0.1, 0.15) is 25.0 Å². The molecule has 1 aromatic rings. The molecule has 96 valence electrons. The fourth-order valence-electron chi connectivity index (χ4n) is 2.39. The smallest absolute Gasteiger partial charge is 0.132 e. The van der Waals surface area contributed by atoms with E-state index in [1.165, 1.54) is 5.56 Å². The number of rotatable bonds is 3. The summed E-state index contributed by atoms with van der Waals surface area (Å²) in [7, 11) is 0. The van der Waals surface area contributed by atoms with Crippen LogP contribution in [0.15, 0.2) is 24.3 Å². The molecule has 1 heterocycles. The van der Waals surface area contributed by atoms with Gasteiger partial charge in [-0.15, -0.1) is 0 Å². The Bertz CT molecular complexity index is 429. The lowest BCUT2D eigenvalue weighted by Crippen LogP contribution is -2.48. The molecule has 0 spiro atoms. The molecule has 1 fully saturated rings. The molecule has 18 heavy (non-hydrogen) atoms. The minimum Gasteiger partial charge on any atom is -0.379 e. The van der Waals surface area contributed by atoms with Gasteiger partial charge in [0.1, 0.15) is 5.54 Å². The first-order valence-corrected chi connectivity index (χ1v) is 6.54. The first-order valence-electron chi connectivity index (χ1n) is 6.54. The van der Waals surface area contributed by atoms with Crippen LogP contribution in [0.4, 0.5) is 0 Å². The summed E-state index contributed by atoms with van der Waals surface area (Å²) in [6.07, 6.45) is 1.03. The maximum absolute atomic E-state index is 9.58. The van der Waals surface area contributed by atoms with Gasteiger partial charge in [-0.1, -0.05) is 31.2 Å². The molecule has 3 heteroatoms. The highest BCUT2D eigenvalue weighted by atomic mass is 16.5. The summed E-state index contributed by atoms with van der Waals surface area (Å²) in [5.41, 5.74) is 1.83. The number of hydrogen-bond acceptors (Lipinski definition) is 3. The molecular weight excluding hydrogens is 224 g/mol. The average molecular weight is 244 g/mol. The van der Waals surface area contributed by atoms with Gasteiger partial charge in [0.2, 0.25) is 0 Å². The molecule has 1 saturated heterocycles. The number of aryl methyl sites for hydroxylation is 1. The molecule has 0 radical (unpaired) electrons. The van der Waals surface area contributed by atoms with Gasteiger partial charge < -0.3 is 4.74 Å². The summed E-state index contributed by atoms with van der Waals surface area (Å²) in [5, 5.41) is 9.58. The van der Waals surface area contributed by atoms with E-state index < -0.39 is 5.54 Å². The molecule has 1 aromatic carbocycles. The van der Waals surface area contributed by atoms with Crippen molar-refractivity contribution >= 4 is 0 Å². The van der Waals surface area contributed by atoms with E-state index in [2.05, 4.69) is 42.2 Å². The summed E-state index contributed by atoms with van der Waals surface area (Å²) in [6, 6.07) is 10.9. The summed E-state index contributed by atoms with van der Waals surface area (Å²) < 4.78 is 5.36. The van der Waals surface area contributed by atoms with Crippen LogP contribution in [-0.4, -0.2) is 31.2 Å². The molecule has 0 saturated carbocycles. The first-order chi connectivity index (χ1) is 8.70. The molecule has 1 atom stereocenters. The third-order valence-electron chi connectivity index (χ3n) is 3.79. The molecule has 0 amide bonds. The van der Waals surface area contributed by atoms with E-state index >= 15 is 0 Å². The summed E-state index contributed by atoms with van der Waals surface area (Å²) >= 11 is 0. The van der Waals surface area contributed by atoms with Crippen molar-refractivity contribution in [2.24, 2.45) is 0 Å². The fraction of sp³-hybridized carbons (Fsp3) is 0.533. The normalized spacial score (nSPS) is 20.1. The predicted octanol–water partition coefficient (Wildman–Crippen LogP) is 2.32. The fourth-order valence-corrected chi connectivity index (χ4v) is 2.39. The minimum absolute atomic E-state index is 0.546. The molecule has 1 aliphatic rings. The summed E-state index contributed by atoms with van der Waals surface area (Å²) in [5.74, 6) is 0. The zero-order valence-electron chi connectivity index (χ0n) is 11.1. The van der Waals surface area contributed by atoms with Crippen molar-refractivity contribution in [1.82, 2.24) is 4.90 Å². The van der Waals surface area contributed by atoms with Gasteiger partial charge in [0.05, 0.1) is 19.3 Å². The maximum Gasteiger partial charge on any atom is 0.132 e. The lowest BCUT2D eigenvalue weighted by atomic mass is 9.90. The monoisotopic (exact) mass is 244 g/mol. The third kappa shape index (κ3) is 2.40. The third-order valence-corrected chi connectivity index (χ3v) is 3.79. The van der Waals surface area contributed by atoms with Crippen molar-refractivity contribution in [3.8, 4) is 6.07 Å². The standard InChI is InChI=1S/C15H20N2O/c1-3-13-4-6-14(7-5-13)15(2,12-16)17-8-10-18-11-9-17/h4-7H,3,8-11H2,1-2H3. The SMILES string of the molecule is CCc1ccc(C(C)(C#N)N2CCOCC2)cc1. The Kier molecular flexibility index (Phi) is 4.00. The lowest BCUT2D eigenvalue weighted by molar-refractivity contribution is 0.000436. The molecule has 1 aliphatic heterocycles. The largest absolute Gasteiger partial charge is 0.379 e. The molecule has 0 bridgehead atoms. The number of nitriles is 1. The Hall–Kier alpha value is -1.37. The molecule has 0 N–H and O–H groups in total. The summed E-state index contributed by atoms with van der Waals surface area (Å²) in [4.78, 5) is 2.21. The van der Waals surface area contributed by atoms with E-state index in [1.807, 2.05) is 6.92 Å². The molecule has 2 rings (SSSR count). The van der Waals surface area contributed by atoms with E-state index in [0.717, 1.165) is 25.1 Å². The molecule has 1 unspecified atom stereocenters. The van der Waals surface area contributed by atoms with Crippen molar-refractivity contribution < 1.29 is 4.74 Å². The second-order valence-electron chi connectivity index (χ2n) is 4.83. The van der Waals surface area contributed by atoms with Crippen LogP contribution >= 0.6 is 0 Å². The van der Waals surface area contributed by atoms with Crippen molar-refractivity contribution in [3.63, 3.8) is 0 Å². The Balaban J connectivity index is 2.27. The van der Waals surface area contributed by atoms with Crippen LogP contribution in [0.3, 0.4) is 0 Å². The van der Waals surface area contributed by atoms with Crippen molar-refractivity contribution in [1.29, 1.82) is 5.26 Å². The number of ether oxygens (including phenoxy) is 1. The van der Waals surface area contributed by atoms with Gasteiger partial charge in [-0.05, 0) is 24.5 Å². The number of morpholine rings is 1. The second kappa shape index (κ2) is 5.51. The quantitative estimate of drug-likeness (QED) is 0.818.